The third-order valence-corrected chi connectivity index (χ3v) is 10.8. The molecule has 0 radical (unpaired) electrons. The number of rotatable bonds is 4. The van der Waals surface area contributed by atoms with Crippen molar-refractivity contribution >= 4 is 77.1 Å². The Hall–Kier alpha value is -1.22. The Kier molecular flexibility index (Phi) is 6.01. The van der Waals surface area contributed by atoms with Crippen LogP contribution in [0.3, 0.4) is 0 Å². The molecule has 5 nitrogen and oxygen atoms in total. The van der Waals surface area contributed by atoms with Crippen molar-refractivity contribution in [1.29, 1.82) is 0 Å². The van der Waals surface area contributed by atoms with Crippen molar-refractivity contribution in [2.24, 2.45) is 23.7 Å². The first-order valence-electron chi connectivity index (χ1n) is 10.3. The summed E-state index contributed by atoms with van der Waals surface area (Å²) >= 11 is 16.8. The number of hydrogen-bond donors (Lipinski definition) is 0. The lowest BCUT2D eigenvalue weighted by molar-refractivity contribution is -0.156. The monoisotopic (exact) mass is 642 g/mol. The summed E-state index contributed by atoms with van der Waals surface area (Å²) < 4.78 is 0.906. The van der Waals surface area contributed by atoms with Crippen molar-refractivity contribution in [1.82, 2.24) is 10.0 Å². The van der Waals surface area contributed by atoms with Crippen LogP contribution in [-0.2, 0) is 16.1 Å². The molecule has 2 aromatic carbocycles. The number of amides is 3. The summed E-state index contributed by atoms with van der Waals surface area (Å²) in [5.74, 6) is -1.60. The minimum Gasteiger partial charge on any atom is -0.272 e. The van der Waals surface area contributed by atoms with Gasteiger partial charge in [-0.25, -0.2) is 5.01 Å². The number of fused-ring (bicyclic) bond motifs is 5. The highest BCUT2D eigenvalue weighted by atomic mass is 79.9. The summed E-state index contributed by atoms with van der Waals surface area (Å²) in [6, 6.07) is 13.9. The van der Waals surface area contributed by atoms with Crippen LogP contribution in [0, 0.1) is 23.7 Å². The lowest BCUT2D eigenvalue weighted by Crippen LogP contribution is -2.50. The highest BCUT2D eigenvalue weighted by molar-refractivity contribution is 9.12. The first-order chi connectivity index (χ1) is 15.3. The highest BCUT2D eigenvalue weighted by Crippen LogP contribution is 2.60. The van der Waals surface area contributed by atoms with Gasteiger partial charge in [-0.2, -0.15) is 5.01 Å². The van der Waals surface area contributed by atoms with Gasteiger partial charge in [0.2, 0.25) is 0 Å². The van der Waals surface area contributed by atoms with E-state index in [4.69, 9.17) is 11.6 Å². The van der Waals surface area contributed by atoms with Crippen LogP contribution in [0.4, 0.5) is 0 Å². The Balaban J connectivity index is 1.52. The van der Waals surface area contributed by atoms with E-state index in [-0.39, 0.29) is 39.8 Å². The Labute approximate surface area is 215 Å². The zero-order valence-corrected chi connectivity index (χ0v) is 22.1. The van der Waals surface area contributed by atoms with Gasteiger partial charge < -0.3 is 0 Å². The number of hydrazine groups is 1. The van der Waals surface area contributed by atoms with Gasteiger partial charge in [0, 0.05) is 24.7 Å². The molecule has 1 heterocycles. The number of benzene rings is 2. The Bertz CT molecular complexity index is 1060. The van der Waals surface area contributed by atoms with E-state index in [1.807, 2.05) is 24.3 Å². The van der Waals surface area contributed by atoms with Crippen molar-refractivity contribution in [3.05, 3.63) is 69.2 Å². The van der Waals surface area contributed by atoms with Crippen LogP contribution in [0.15, 0.2) is 53.0 Å². The summed E-state index contributed by atoms with van der Waals surface area (Å²) in [6.07, 6.45) is 0.838. The van der Waals surface area contributed by atoms with Gasteiger partial charge in [0.15, 0.2) is 0 Å². The molecule has 0 spiro atoms. The molecular weight excluding hydrogens is 627 g/mol. The van der Waals surface area contributed by atoms with Crippen LogP contribution in [-0.4, -0.2) is 37.4 Å². The summed E-state index contributed by atoms with van der Waals surface area (Å²) in [5, 5.41) is 2.91. The number of carbonyl (C=O) groups excluding carboxylic acids is 3. The molecule has 3 aliphatic rings. The fraction of sp³-hybridized carbons (Fsp3) is 0.348. The molecule has 2 aliphatic carbocycles. The number of imide groups is 1. The summed E-state index contributed by atoms with van der Waals surface area (Å²) in [5.41, 5.74) is 1.18. The second kappa shape index (κ2) is 8.53. The zero-order chi connectivity index (χ0) is 22.7. The van der Waals surface area contributed by atoms with Gasteiger partial charge in [0.05, 0.1) is 18.4 Å². The van der Waals surface area contributed by atoms with Crippen molar-refractivity contribution in [3.8, 4) is 0 Å². The maximum atomic E-state index is 13.6. The Morgan fingerprint density at radius 2 is 1.47 bits per heavy atom. The standard InChI is InChI=1S/C23H18Br3ClN2O3/c24-13-5-1-11(2-6-13)10-28(21(30)12-3-7-14(27)8-4-12)29-22(31)17-15-9-16(18(17)23(29)32)20(26)19(15)25/h1-8,15-20H,9-10H2/t15-,16-,17-,18-,19+,20+/m1/s1. The van der Waals surface area contributed by atoms with Gasteiger partial charge >= 0.3 is 0 Å². The van der Waals surface area contributed by atoms with Crippen molar-refractivity contribution in [2.75, 3.05) is 0 Å². The molecule has 3 fully saturated rings. The average Bonchev–Trinajstić information content (AvgIpc) is 3.39. The Morgan fingerprint density at radius 1 is 0.938 bits per heavy atom. The zero-order valence-electron chi connectivity index (χ0n) is 16.6. The van der Waals surface area contributed by atoms with Crippen molar-refractivity contribution < 1.29 is 14.4 Å². The summed E-state index contributed by atoms with van der Waals surface area (Å²) in [6.45, 7) is 0.108. The van der Waals surface area contributed by atoms with Gasteiger partial charge in [0.1, 0.15) is 0 Å². The third kappa shape index (κ3) is 3.58. The van der Waals surface area contributed by atoms with Crippen molar-refractivity contribution in [3.63, 3.8) is 0 Å². The quantitative estimate of drug-likeness (QED) is 0.329. The molecule has 0 N–H and O–H groups in total. The SMILES string of the molecule is O=C(c1ccc(Cl)cc1)N(Cc1ccc(Br)cc1)N1C(=O)[C@@H]2[C@H]3C[C@@H]([C@H](Br)[C@H]3Br)[C@H]2C1=O. The lowest BCUT2D eigenvalue weighted by atomic mass is 9.81. The lowest BCUT2D eigenvalue weighted by Gasteiger charge is -2.31. The van der Waals surface area contributed by atoms with Gasteiger partial charge in [-0.1, -0.05) is 71.5 Å². The van der Waals surface area contributed by atoms with E-state index in [9.17, 15) is 14.4 Å². The van der Waals surface area contributed by atoms with E-state index >= 15 is 0 Å². The fourth-order valence-corrected chi connectivity index (χ4v) is 7.57. The number of nitrogens with zero attached hydrogens (tertiary/aromatic N) is 2. The molecule has 9 heteroatoms. The van der Waals surface area contributed by atoms with Crippen LogP contribution >= 0.6 is 59.4 Å². The normalized spacial score (nSPS) is 30.7. The third-order valence-electron chi connectivity index (χ3n) is 6.78. The van der Waals surface area contributed by atoms with E-state index in [1.165, 1.54) is 5.01 Å². The van der Waals surface area contributed by atoms with Crippen molar-refractivity contribution in [2.45, 2.75) is 22.6 Å². The molecule has 6 atom stereocenters. The van der Waals surface area contributed by atoms with E-state index in [0.29, 0.717) is 10.6 Å². The number of halogens is 4. The minimum absolute atomic E-state index is 0.0796. The molecule has 0 aromatic heterocycles. The maximum Gasteiger partial charge on any atom is 0.273 e. The molecule has 3 amide bonds. The molecule has 1 aliphatic heterocycles. The molecule has 2 aromatic rings. The largest absolute Gasteiger partial charge is 0.273 e. The highest BCUT2D eigenvalue weighted by Gasteiger charge is 2.67. The second-order valence-electron chi connectivity index (χ2n) is 8.49. The molecule has 1 saturated heterocycles. The van der Waals surface area contributed by atoms with Crippen LogP contribution in [0.2, 0.25) is 5.02 Å². The van der Waals surface area contributed by atoms with E-state index in [0.717, 1.165) is 21.5 Å². The minimum atomic E-state index is -0.413. The summed E-state index contributed by atoms with van der Waals surface area (Å²) in [4.78, 5) is 40.9. The number of hydrogen-bond acceptors (Lipinski definition) is 3. The van der Waals surface area contributed by atoms with E-state index < -0.39 is 17.7 Å². The first-order valence-corrected chi connectivity index (χ1v) is 13.3. The molecule has 0 unspecified atom stereocenters. The molecule has 166 valence electrons. The second-order valence-corrected chi connectivity index (χ2v) is 12.0. The molecule has 5 rings (SSSR count). The van der Waals surface area contributed by atoms with E-state index in [1.54, 1.807) is 24.3 Å². The first kappa shape index (κ1) is 22.6. The smallest absolute Gasteiger partial charge is 0.272 e. The summed E-state index contributed by atoms with van der Waals surface area (Å²) in [7, 11) is 0. The topological polar surface area (TPSA) is 57.7 Å². The van der Waals surface area contributed by atoms with Crippen LogP contribution < -0.4 is 0 Å². The fourth-order valence-electron chi connectivity index (χ4n) is 5.31. The van der Waals surface area contributed by atoms with Gasteiger partial charge in [-0.3, -0.25) is 14.4 Å². The predicted molar refractivity (Wildman–Crippen MR) is 131 cm³/mol. The van der Waals surface area contributed by atoms with Gasteiger partial charge in [0.25, 0.3) is 17.7 Å². The molecular formula is C23H18Br3ClN2O3. The Morgan fingerprint density at radius 3 is 2.00 bits per heavy atom. The average molecular weight is 646 g/mol. The van der Waals surface area contributed by atoms with Gasteiger partial charge in [-0.15, -0.1) is 0 Å². The van der Waals surface area contributed by atoms with Crippen LogP contribution in [0.5, 0.6) is 0 Å². The molecule has 2 saturated carbocycles. The number of carbonyl (C=O) groups is 3. The maximum absolute atomic E-state index is 13.6. The number of alkyl halides is 2. The molecule has 2 bridgehead atoms. The van der Waals surface area contributed by atoms with E-state index in [2.05, 4.69) is 47.8 Å². The van der Waals surface area contributed by atoms with Gasteiger partial charge in [-0.05, 0) is 60.2 Å². The van der Waals surface area contributed by atoms with Crippen LogP contribution in [0.1, 0.15) is 22.3 Å². The van der Waals surface area contributed by atoms with Crippen LogP contribution in [0.25, 0.3) is 0 Å². The predicted octanol–water partition coefficient (Wildman–Crippen LogP) is 5.44. The molecule has 32 heavy (non-hydrogen) atoms.